The zero-order valence-electron chi connectivity index (χ0n) is 26.9. The maximum Gasteiger partial charge on any atom is 0.312 e. The van der Waals surface area contributed by atoms with E-state index in [1.54, 1.807) is 12.7 Å². The van der Waals surface area contributed by atoms with E-state index in [0.29, 0.717) is 17.6 Å². The summed E-state index contributed by atoms with van der Waals surface area (Å²) >= 11 is 0. The van der Waals surface area contributed by atoms with Crippen LogP contribution in [0.1, 0.15) is 112 Å². The van der Waals surface area contributed by atoms with Gasteiger partial charge in [-0.15, -0.1) is 0 Å². The van der Waals surface area contributed by atoms with Crippen molar-refractivity contribution in [1.29, 1.82) is 0 Å². The molecule has 0 amide bonds. The molecule has 0 aromatic heterocycles. The molecule has 6 rings (SSSR count). The molecule has 0 heterocycles. The fourth-order valence-corrected chi connectivity index (χ4v) is 11.5. The van der Waals surface area contributed by atoms with Gasteiger partial charge in [-0.05, 0) is 114 Å². The normalized spacial score (nSPS) is 43.6. The van der Waals surface area contributed by atoms with Crippen LogP contribution < -0.4 is 0 Å². The van der Waals surface area contributed by atoms with Crippen molar-refractivity contribution in [3.8, 4) is 0 Å². The molecule has 4 saturated carbocycles. The number of hydrogen-bond donors (Lipinski definition) is 0. The number of methoxy groups -OCH3 is 1. The number of Topliss-reactive ketones (excluding diaryl/α,β-unsaturated/α-hetero) is 1. The van der Waals surface area contributed by atoms with Gasteiger partial charge in [-0.3, -0.25) is 9.59 Å². The molecule has 1 aromatic rings. The molecule has 3 heteroatoms. The summed E-state index contributed by atoms with van der Waals surface area (Å²) in [5.41, 5.74) is 3.39. The van der Waals surface area contributed by atoms with E-state index in [4.69, 9.17) is 4.74 Å². The third kappa shape index (κ3) is 3.89. The number of benzene rings is 1. The Morgan fingerprint density at radius 3 is 2.27 bits per heavy atom. The van der Waals surface area contributed by atoms with Gasteiger partial charge in [-0.25, -0.2) is 0 Å². The van der Waals surface area contributed by atoms with Crippen molar-refractivity contribution in [2.24, 2.45) is 50.2 Å². The Hall–Kier alpha value is -2.16. The zero-order valence-corrected chi connectivity index (χ0v) is 26.9. The van der Waals surface area contributed by atoms with E-state index in [1.165, 1.54) is 0 Å². The first-order chi connectivity index (χ1) is 19.1. The molecule has 3 unspecified atom stereocenters. The van der Waals surface area contributed by atoms with Crippen LogP contribution in [0.15, 0.2) is 47.6 Å². The van der Waals surface area contributed by atoms with E-state index in [2.05, 4.69) is 84.9 Å². The predicted molar refractivity (Wildman–Crippen MR) is 166 cm³/mol. The Morgan fingerprint density at radius 2 is 1.59 bits per heavy atom. The third-order valence-electron chi connectivity index (χ3n) is 14.0. The first-order valence-electron chi connectivity index (χ1n) is 16.2. The average Bonchev–Trinajstić information content (AvgIpc) is 2.92. The number of ether oxygens (including phenoxy) is 1. The first-order valence-corrected chi connectivity index (χ1v) is 16.2. The number of carbonyl (C=O) groups is 2. The van der Waals surface area contributed by atoms with Crippen molar-refractivity contribution in [1.82, 2.24) is 0 Å². The van der Waals surface area contributed by atoms with Crippen LogP contribution in [0.25, 0.3) is 6.08 Å². The molecule has 222 valence electrons. The number of allylic oxidation sites excluding steroid dienone is 3. The number of rotatable bonds is 2. The van der Waals surface area contributed by atoms with Gasteiger partial charge in [0.1, 0.15) is 0 Å². The maximum atomic E-state index is 14.0. The smallest absolute Gasteiger partial charge is 0.312 e. The SMILES string of the molecule is COC(=O)[C@]12CCC(C)(C)CC1C1=CCC3[C@@]4(C)C/C(=C\c5ccccc5)C(=O)C(C)(C)C4CC[C@@]3(C)[C@]1(C)CC2. The van der Waals surface area contributed by atoms with E-state index in [9.17, 15) is 9.59 Å². The number of carbonyl (C=O) groups excluding carboxylic acids is 2. The van der Waals surface area contributed by atoms with Gasteiger partial charge in [0.2, 0.25) is 0 Å². The summed E-state index contributed by atoms with van der Waals surface area (Å²) in [5, 5.41) is 0. The Bertz CT molecular complexity index is 1320. The van der Waals surface area contributed by atoms with Gasteiger partial charge in [0.15, 0.2) is 5.78 Å². The fraction of sp³-hybridized carbons (Fsp3) is 0.684. The Kier molecular flexibility index (Phi) is 6.47. The first kappa shape index (κ1) is 28.9. The average molecular weight is 557 g/mol. The summed E-state index contributed by atoms with van der Waals surface area (Å²) in [6.07, 6.45) is 14.0. The molecule has 41 heavy (non-hydrogen) atoms. The summed E-state index contributed by atoms with van der Waals surface area (Å²) in [4.78, 5) is 27.5. The molecule has 5 aliphatic carbocycles. The highest BCUT2D eigenvalue weighted by Crippen LogP contribution is 2.75. The summed E-state index contributed by atoms with van der Waals surface area (Å²) in [6.45, 7) is 16.9. The van der Waals surface area contributed by atoms with Crippen molar-refractivity contribution >= 4 is 17.8 Å². The minimum atomic E-state index is -0.375. The number of hydrogen-bond acceptors (Lipinski definition) is 3. The predicted octanol–water partition coefficient (Wildman–Crippen LogP) is 9.22. The van der Waals surface area contributed by atoms with Crippen LogP contribution in [0, 0.1) is 50.2 Å². The van der Waals surface area contributed by atoms with Crippen LogP contribution in [-0.2, 0) is 14.3 Å². The maximum absolute atomic E-state index is 14.0. The van der Waals surface area contributed by atoms with Crippen LogP contribution in [-0.4, -0.2) is 18.9 Å². The Morgan fingerprint density at radius 1 is 0.902 bits per heavy atom. The minimum Gasteiger partial charge on any atom is -0.469 e. The molecule has 0 aliphatic heterocycles. The van der Waals surface area contributed by atoms with Crippen LogP contribution >= 0.6 is 0 Å². The van der Waals surface area contributed by atoms with Gasteiger partial charge >= 0.3 is 5.97 Å². The summed E-state index contributed by atoms with van der Waals surface area (Å²) in [5.74, 6) is 1.50. The van der Waals surface area contributed by atoms with Crippen molar-refractivity contribution < 1.29 is 14.3 Å². The van der Waals surface area contributed by atoms with Crippen LogP contribution in [0.3, 0.4) is 0 Å². The van der Waals surface area contributed by atoms with E-state index in [1.807, 2.05) is 6.07 Å². The molecule has 7 atom stereocenters. The second-order valence-corrected chi connectivity index (χ2v) is 16.7. The highest BCUT2D eigenvalue weighted by Gasteiger charge is 2.69. The van der Waals surface area contributed by atoms with E-state index >= 15 is 0 Å². The lowest BCUT2D eigenvalue weighted by Crippen LogP contribution is -2.65. The Balaban J connectivity index is 1.45. The molecule has 0 N–H and O–H groups in total. The fourth-order valence-electron chi connectivity index (χ4n) is 11.5. The highest BCUT2D eigenvalue weighted by molar-refractivity contribution is 6.04. The van der Waals surface area contributed by atoms with Crippen molar-refractivity contribution in [2.75, 3.05) is 7.11 Å². The molecule has 0 spiro atoms. The standard InChI is InChI=1S/C38H52O3/c1-33(2)18-20-38(32(40)41-8)21-19-36(6)27(28(38)24-33)14-15-30-35(5)23-26(22-25-12-10-9-11-13-25)31(39)34(3,4)29(35)16-17-37(30,36)7/h9-14,22,28-30H,15-21,23-24H2,1-8H3/b26-22+/t28?,29?,30?,35-,36+,37+,38-/m0/s1. The lowest BCUT2D eigenvalue weighted by Gasteiger charge is -2.70. The van der Waals surface area contributed by atoms with E-state index in [-0.39, 0.29) is 44.4 Å². The van der Waals surface area contributed by atoms with Crippen molar-refractivity contribution in [2.45, 2.75) is 106 Å². The molecular weight excluding hydrogens is 504 g/mol. The van der Waals surface area contributed by atoms with Gasteiger partial charge in [0, 0.05) is 5.41 Å². The molecule has 4 fully saturated rings. The summed E-state index contributed by atoms with van der Waals surface area (Å²) < 4.78 is 5.54. The van der Waals surface area contributed by atoms with Gasteiger partial charge in [0.25, 0.3) is 0 Å². The largest absolute Gasteiger partial charge is 0.469 e. The monoisotopic (exact) mass is 556 g/mol. The summed E-state index contributed by atoms with van der Waals surface area (Å²) in [7, 11) is 1.59. The van der Waals surface area contributed by atoms with Gasteiger partial charge in [-0.1, -0.05) is 90.4 Å². The lowest BCUT2D eigenvalue weighted by molar-refractivity contribution is -0.185. The zero-order chi connectivity index (χ0) is 29.6. The minimum absolute atomic E-state index is 0.0205. The lowest BCUT2D eigenvalue weighted by atomic mass is 9.33. The van der Waals surface area contributed by atoms with Crippen LogP contribution in [0.4, 0.5) is 0 Å². The molecule has 1 aromatic carbocycles. The van der Waals surface area contributed by atoms with E-state index < -0.39 is 0 Å². The second kappa shape index (κ2) is 9.17. The number of fused-ring (bicyclic) bond motifs is 7. The topological polar surface area (TPSA) is 43.4 Å². The van der Waals surface area contributed by atoms with Gasteiger partial charge in [-0.2, -0.15) is 0 Å². The van der Waals surface area contributed by atoms with Crippen molar-refractivity contribution in [3.63, 3.8) is 0 Å². The molecule has 0 radical (unpaired) electrons. The van der Waals surface area contributed by atoms with Crippen LogP contribution in [0.5, 0.6) is 0 Å². The number of ketones is 1. The molecular formula is C38H52O3. The molecule has 0 bridgehead atoms. The molecule has 0 saturated heterocycles. The second-order valence-electron chi connectivity index (χ2n) is 16.7. The van der Waals surface area contributed by atoms with Crippen molar-refractivity contribution in [3.05, 3.63) is 53.1 Å². The third-order valence-corrected chi connectivity index (χ3v) is 14.0. The van der Waals surface area contributed by atoms with Gasteiger partial charge in [0.05, 0.1) is 12.5 Å². The highest BCUT2D eigenvalue weighted by atomic mass is 16.5. The summed E-state index contributed by atoms with van der Waals surface area (Å²) in [6, 6.07) is 10.4. The molecule has 3 nitrogen and oxygen atoms in total. The molecule has 5 aliphatic rings. The van der Waals surface area contributed by atoms with Gasteiger partial charge < -0.3 is 4.74 Å². The Labute approximate surface area is 248 Å². The van der Waals surface area contributed by atoms with E-state index in [0.717, 1.165) is 68.9 Å². The van der Waals surface area contributed by atoms with Crippen LogP contribution in [0.2, 0.25) is 0 Å². The quantitative estimate of drug-likeness (QED) is 0.207. The number of esters is 1.